The zero-order chi connectivity index (χ0) is 24.2. The van der Waals surface area contributed by atoms with Crippen molar-refractivity contribution in [2.45, 2.75) is 20.0 Å². The number of nitrogens with zero attached hydrogens (tertiary/aromatic N) is 3. The van der Waals surface area contributed by atoms with Gasteiger partial charge in [0.1, 0.15) is 0 Å². The van der Waals surface area contributed by atoms with E-state index in [1.165, 1.54) is 18.2 Å². The van der Waals surface area contributed by atoms with E-state index in [1.807, 2.05) is 23.6 Å². The van der Waals surface area contributed by atoms with E-state index in [2.05, 4.69) is 5.32 Å². The fourth-order valence-electron chi connectivity index (χ4n) is 3.74. The fourth-order valence-corrected chi connectivity index (χ4v) is 3.74. The van der Waals surface area contributed by atoms with Gasteiger partial charge in [0.15, 0.2) is 0 Å². The van der Waals surface area contributed by atoms with Gasteiger partial charge in [-0.05, 0) is 38.1 Å². The van der Waals surface area contributed by atoms with Crippen LogP contribution in [0.5, 0.6) is 0 Å². The van der Waals surface area contributed by atoms with E-state index in [0.29, 0.717) is 50.8 Å². The van der Waals surface area contributed by atoms with Crippen LogP contribution in [0.1, 0.15) is 29.8 Å². The lowest BCUT2D eigenvalue weighted by Gasteiger charge is -2.31. The lowest BCUT2D eigenvalue weighted by molar-refractivity contribution is -0.384. The summed E-state index contributed by atoms with van der Waals surface area (Å²) in [7, 11) is 0. The number of nitro groups is 1. The Balaban J connectivity index is 2.05. The van der Waals surface area contributed by atoms with Crippen molar-refractivity contribution in [1.82, 2.24) is 0 Å². The minimum atomic E-state index is -4.60. The smallest absolute Gasteiger partial charge is 0.378 e. The van der Waals surface area contributed by atoms with E-state index >= 15 is 0 Å². The standard InChI is InChI=1S/C22H25F3N4O4/c1-3-27(4-2)19-8-6-16(29(31)32)14-17(19)21(30)26-18-13-15(22(23,24)25)5-7-20(18)28-9-11-33-12-10-28/h5-8,13-14H,3-4,9-12H2,1-2H3,(H,26,30). The number of nitrogens with one attached hydrogen (secondary N) is 1. The van der Waals surface area contributed by atoms with Crippen LogP contribution in [-0.2, 0) is 10.9 Å². The molecule has 0 aliphatic carbocycles. The van der Waals surface area contributed by atoms with E-state index in [1.54, 1.807) is 0 Å². The molecular weight excluding hydrogens is 441 g/mol. The van der Waals surface area contributed by atoms with Crippen molar-refractivity contribution in [3.8, 4) is 0 Å². The van der Waals surface area contributed by atoms with Crippen LogP contribution < -0.4 is 15.1 Å². The van der Waals surface area contributed by atoms with E-state index in [4.69, 9.17) is 4.74 Å². The number of hydrogen-bond acceptors (Lipinski definition) is 6. The highest BCUT2D eigenvalue weighted by Crippen LogP contribution is 2.36. The molecular formula is C22H25F3N4O4. The highest BCUT2D eigenvalue weighted by Gasteiger charge is 2.32. The summed E-state index contributed by atoms with van der Waals surface area (Å²) in [5.74, 6) is -0.727. The minimum absolute atomic E-state index is 0.0123. The topological polar surface area (TPSA) is 87.9 Å². The molecule has 1 N–H and O–H groups in total. The van der Waals surface area contributed by atoms with Gasteiger partial charge in [0.25, 0.3) is 11.6 Å². The third-order valence-corrected chi connectivity index (χ3v) is 5.46. The molecule has 0 bridgehead atoms. The number of morpholine rings is 1. The molecule has 3 rings (SSSR count). The maximum absolute atomic E-state index is 13.4. The second-order valence-electron chi connectivity index (χ2n) is 7.41. The first-order chi connectivity index (χ1) is 15.7. The Morgan fingerprint density at radius 1 is 1.15 bits per heavy atom. The van der Waals surface area contributed by atoms with Crippen LogP contribution in [0.2, 0.25) is 0 Å². The molecule has 33 heavy (non-hydrogen) atoms. The van der Waals surface area contributed by atoms with Gasteiger partial charge in [-0.3, -0.25) is 14.9 Å². The summed E-state index contributed by atoms with van der Waals surface area (Å²) in [6, 6.07) is 7.10. The van der Waals surface area contributed by atoms with Gasteiger partial charge >= 0.3 is 6.18 Å². The van der Waals surface area contributed by atoms with Crippen LogP contribution in [0.15, 0.2) is 36.4 Å². The monoisotopic (exact) mass is 466 g/mol. The summed E-state index contributed by atoms with van der Waals surface area (Å²) in [6.45, 7) is 6.54. The summed E-state index contributed by atoms with van der Waals surface area (Å²) < 4.78 is 45.4. The zero-order valence-electron chi connectivity index (χ0n) is 18.3. The first kappa shape index (κ1) is 24.3. The number of carbonyl (C=O) groups is 1. The number of nitro benzene ring substituents is 1. The van der Waals surface area contributed by atoms with Gasteiger partial charge < -0.3 is 19.9 Å². The van der Waals surface area contributed by atoms with Gasteiger partial charge in [-0.1, -0.05) is 0 Å². The number of ether oxygens (including phenoxy) is 1. The summed E-state index contributed by atoms with van der Waals surface area (Å²) in [5, 5.41) is 13.9. The lowest BCUT2D eigenvalue weighted by atomic mass is 10.1. The number of halogens is 3. The van der Waals surface area contributed by atoms with Crippen molar-refractivity contribution in [3.63, 3.8) is 0 Å². The number of hydrogen-bond donors (Lipinski definition) is 1. The maximum Gasteiger partial charge on any atom is 0.416 e. The van der Waals surface area contributed by atoms with Gasteiger partial charge in [0, 0.05) is 38.3 Å². The molecule has 178 valence electrons. The second kappa shape index (κ2) is 10.1. The summed E-state index contributed by atoms with van der Waals surface area (Å²) in [4.78, 5) is 27.6. The maximum atomic E-state index is 13.4. The predicted molar refractivity (Wildman–Crippen MR) is 119 cm³/mol. The highest BCUT2D eigenvalue weighted by atomic mass is 19.4. The lowest BCUT2D eigenvalue weighted by Crippen LogP contribution is -2.37. The molecule has 0 spiro atoms. The average Bonchev–Trinajstić information content (AvgIpc) is 2.79. The molecule has 0 unspecified atom stereocenters. The molecule has 8 nitrogen and oxygen atoms in total. The third-order valence-electron chi connectivity index (χ3n) is 5.46. The number of non-ortho nitro benzene ring substituents is 1. The summed E-state index contributed by atoms with van der Waals surface area (Å²) in [5.41, 5.74) is -0.309. The van der Waals surface area contributed by atoms with Crippen molar-refractivity contribution in [1.29, 1.82) is 0 Å². The van der Waals surface area contributed by atoms with Crippen molar-refractivity contribution >= 4 is 28.7 Å². The second-order valence-corrected chi connectivity index (χ2v) is 7.41. The quantitative estimate of drug-likeness (QED) is 0.476. The number of anilines is 3. The molecule has 1 heterocycles. The number of rotatable bonds is 7. The van der Waals surface area contributed by atoms with Crippen LogP contribution in [0.4, 0.5) is 35.9 Å². The van der Waals surface area contributed by atoms with Crippen LogP contribution in [0, 0.1) is 10.1 Å². The van der Waals surface area contributed by atoms with Gasteiger partial charge in [-0.15, -0.1) is 0 Å². The van der Waals surface area contributed by atoms with Crippen LogP contribution in [0.3, 0.4) is 0 Å². The highest BCUT2D eigenvalue weighted by molar-refractivity contribution is 6.10. The normalized spacial score (nSPS) is 14.2. The minimum Gasteiger partial charge on any atom is -0.378 e. The third kappa shape index (κ3) is 5.54. The Morgan fingerprint density at radius 3 is 2.39 bits per heavy atom. The number of carbonyl (C=O) groups excluding carboxylic acids is 1. The first-order valence-electron chi connectivity index (χ1n) is 10.5. The van der Waals surface area contributed by atoms with Crippen molar-refractivity contribution in [2.24, 2.45) is 0 Å². The Hall–Kier alpha value is -3.34. The molecule has 11 heteroatoms. The van der Waals surface area contributed by atoms with Crippen molar-refractivity contribution in [2.75, 3.05) is 54.5 Å². The van der Waals surface area contributed by atoms with Crippen molar-refractivity contribution < 1.29 is 27.6 Å². The summed E-state index contributed by atoms with van der Waals surface area (Å²) >= 11 is 0. The molecule has 0 saturated carbocycles. The molecule has 0 radical (unpaired) electrons. The Labute approximate surface area is 189 Å². The van der Waals surface area contributed by atoms with Crippen LogP contribution >= 0.6 is 0 Å². The zero-order valence-corrected chi connectivity index (χ0v) is 18.3. The average molecular weight is 466 g/mol. The Morgan fingerprint density at radius 2 is 1.82 bits per heavy atom. The Kier molecular flexibility index (Phi) is 7.42. The number of amides is 1. The number of alkyl halides is 3. The summed E-state index contributed by atoms with van der Waals surface area (Å²) in [6.07, 6.45) is -4.60. The van der Waals surface area contributed by atoms with Gasteiger partial charge in [0.05, 0.1) is 46.3 Å². The van der Waals surface area contributed by atoms with E-state index in [-0.39, 0.29) is 16.9 Å². The molecule has 1 fully saturated rings. The van der Waals surface area contributed by atoms with Gasteiger partial charge in [-0.25, -0.2) is 0 Å². The van der Waals surface area contributed by atoms with Gasteiger partial charge in [0.2, 0.25) is 0 Å². The molecule has 2 aromatic carbocycles. The number of benzene rings is 2. The SMILES string of the molecule is CCN(CC)c1ccc([N+](=O)[O-])cc1C(=O)Nc1cc(C(F)(F)F)ccc1N1CCOCC1. The van der Waals surface area contributed by atoms with E-state index < -0.39 is 22.6 Å². The van der Waals surface area contributed by atoms with E-state index in [9.17, 15) is 28.1 Å². The molecule has 1 amide bonds. The fraction of sp³-hybridized carbons (Fsp3) is 0.409. The predicted octanol–water partition coefficient (Wildman–Crippen LogP) is 4.55. The molecule has 2 aromatic rings. The van der Waals surface area contributed by atoms with Gasteiger partial charge in [-0.2, -0.15) is 13.2 Å². The largest absolute Gasteiger partial charge is 0.416 e. The Bertz CT molecular complexity index is 1020. The molecule has 1 aliphatic heterocycles. The first-order valence-corrected chi connectivity index (χ1v) is 10.5. The van der Waals surface area contributed by atoms with E-state index in [0.717, 1.165) is 18.2 Å². The van der Waals surface area contributed by atoms with Crippen LogP contribution in [0.25, 0.3) is 0 Å². The molecule has 0 atom stereocenters. The van der Waals surface area contributed by atoms with Crippen LogP contribution in [-0.4, -0.2) is 50.2 Å². The molecule has 1 saturated heterocycles. The molecule has 0 aromatic heterocycles. The molecule has 1 aliphatic rings. The van der Waals surface area contributed by atoms with Crippen molar-refractivity contribution in [3.05, 3.63) is 57.6 Å².